The largest absolute Gasteiger partial charge is 0.370 e. The van der Waals surface area contributed by atoms with Crippen LogP contribution in [0.15, 0.2) is 6.07 Å². The Morgan fingerprint density at radius 1 is 1.29 bits per heavy atom. The van der Waals surface area contributed by atoms with Crippen molar-refractivity contribution in [1.29, 1.82) is 0 Å². The van der Waals surface area contributed by atoms with Gasteiger partial charge in [0.15, 0.2) is 0 Å². The summed E-state index contributed by atoms with van der Waals surface area (Å²) in [4.78, 5) is 8.96. The molecule has 2 N–H and O–H groups in total. The van der Waals surface area contributed by atoms with E-state index < -0.39 is 0 Å². The number of anilines is 2. The van der Waals surface area contributed by atoms with E-state index >= 15 is 0 Å². The first-order chi connectivity index (χ1) is 8.05. The summed E-state index contributed by atoms with van der Waals surface area (Å²) in [6, 6.07) is 2.55. The van der Waals surface area contributed by atoms with Crippen molar-refractivity contribution in [1.82, 2.24) is 9.97 Å². The summed E-state index contributed by atoms with van der Waals surface area (Å²) in [5, 5.41) is 6.73. The van der Waals surface area contributed by atoms with E-state index in [0.717, 1.165) is 30.4 Å². The molecule has 0 radical (unpaired) electrons. The van der Waals surface area contributed by atoms with Crippen molar-refractivity contribution in [3.05, 3.63) is 11.9 Å². The Balaban J connectivity index is 2.12. The van der Waals surface area contributed by atoms with Gasteiger partial charge in [0.1, 0.15) is 17.5 Å². The standard InChI is InChI=1S/C13H22N4/c1-5-10-16-11(14-6-2)7-12(17-10)15-9-8-13(9,3)4/h7,9H,5-6,8H2,1-4H3,(H2,14,15,16,17). The SMILES string of the molecule is CCNc1cc(NC2CC2(C)C)nc(CC)n1. The number of nitrogens with zero attached hydrogens (tertiary/aromatic N) is 2. The fourth-order valence-electron chi connectivity index (χ4n) is 1.89. The molecule has 0 saturated heterocycles. The molecular formula is C13H22N4. The van der Waals surface area contributed by atoms with Crippen LogP contribution in [0.3, 0.4) is 0 Å². The van der Waals surface area contributed by atoms with Crippen LogP contribution in [-0.2, 0) is 6.42 Å². The van der Waals surface area contributed by atoms with Gasteiger partial charge in [-0.1, -0.05) is 20.8 Å². The summed E-state index contributed by atoms with van der Waals surface area (Å²) in [6.45, 7) is 9.59. The molecular weight excluding hydrogens is 212 g/mol. The van der Waals surface area contributed by atoms with Gasteiger partial charge in [0.05, 0.1) is 0 Å². The Morgan fingerprint density at radius 3 is 2.47 bits per heavy atom. The molecule has 1 aliphatic carbocycles. The number of rotatable bonds is 5. The molecule has 0 aromatic carbocycles. The van der Waals surface area contributed by atoms with Crippen molar-refractivity contribution in [2.75, 3.05) is 17.2 Å². The van der Waals surface area contributed by atoms with Crippen LogP contribution in [0.2, 0.25) is 0 Å². The predicted molar refractivity (Wildman–Crippen MR) is 71.4 cm³/mol. The monoisotopic (exact) mass is 234 g/mol. The topological polar surface area (TPSA) is 49.8 Å². The Hall–Kier alpha value is -1.32. The van der Waals surface area contributed by atoms with Crippen LogP contribution < -0.4 is 10.6 Å². The van der Waals surface area contributed by atoms with Crippen molar-refractivity contribution in [2.45, 2.75) is 46.6 Å². The maximum absolute atomic E-state index is 4.52. The van der Waals surface area contributed by atoms with E-state index in [1.807, 2.05) is 6.07 Å². The lowest BCUT2D eigenvalue weighted by Gasteiger charge is -2.11. The molecule has 17 heavy (non-hydrogen) atoms. The second kappa shape index (κ2) is 4.51. The van der Waals surface area contributed by atoms with E-state index in [1.54, 1.807) is 0 Å². The molecule has 1 fully saturated rings. The summed E-state index contributed by atoms with van der Waals surface area (Å²) in [7, 11) is 0. The summed E-state index contributed by atoms with van der Waals surface area (Å²) < 4.78 is 0. The first-order valence-electron chi connectivity index (χ1n) is 6.43. The molecule has 1 heterocycles. The van der Waals surface area contributed by atoms with Crippen LogP contribution in [0.4, 0.5) is 11.6 Å². The smallest absolute Gasteiger partial charge is 0.132 e. The van der Waals surface area contributed by atoms with Crippen LogP contribution >= 0.6 is 0 Å². The Morgan fingerprint density at radius 2 is 1.94 bits per heavy atom. The quantitative estimate of drug-likeness (QED) is 0.822. The van der Waals surface area contributed by atoms with Crippen molar-refractivity contribution >= 4 is 11.6 Å². The molecule has 1 unspecified atom stereocenters. The molecule has 1 saturated carbocycles. The molecule has 1 aromatic heterocycles. The lowest BCUT2D eigenvalue weighted by Crippen LogP contribution is -2.12. The Labute approximate surface area is 103 Å². The van der Waals surface area contributed by atoms with Gasteiger partial charge in [-0.2, -0.15) is 0 Å². The zero-order valence-electron chi connectivity index (χ0n) is 11.2. The molecule has 2 rings (SSSR count). The Kier molecular flexibility index (Phi) is 3.22. The molecule has 0 bridgehead atoms. The van der Waals surface area contributed by atoms with Crippen LogP contribution in [0.5, 0.6) is 0 Å². The maximum Gasteiger partial charge on any atom is 0.132 e. The lowest BCUT2D eigenvalue weighted by molar-refractivity contribution is 0.629. The van der Waals surface area contributed by atoms with Gasteiger partial charge in [0.25, 0.3) is 0 Å². The van der Waals surface area contributed by atoms with E-state index in [1.165, 1.54) is 6.42 Å². The number of aryl methyl sites for hydroxylation is 1. The van der Waals surface area contributed by atoms with Crippen LogP contribution in [-0.4, -0.2) is 22.6 Å². The van der Waals surface area contributed by atoms with Gasteiger partial charge in [-0.3, -0.25) is 0 Å². The maximum atomic E-state index is 4.52. The highest BCUT2D eigenvalue weighted by molar-refractivity contribution is 5.49. The molecule has 1 atom stereocenters. The third-order valence-electron chi connectivity index (χ3n) is 3.28. The highest BCUT2D eigenvalue weighted by atomic mass is 15.1. The van der Waals surface area contributed by atoms with Crippen LogP contribution in [0, 0.1) is 5.41 Å². The molecule has 0 amide bonds. The first kappa shape index (κ1) is 12.1. The fourth-order valence-corrected chi connectivity index (χ4v) is 1.89. The Bertz CT molecular complexity index is 400. The average Bonchev–Trinajstić information content (AvgIpc) is 2.86. The van der Waals surface area contributed by atoms with Crippen molar-refractivity contribution < 1.29 is 0 Å². The molecule has 1 aromatic rings. The van der Waals surface area contributed by atoms with Gasteiger partial charge in [-0.05, 0) is 18.8 Å². The van der Waals surface area contributed by atoms with Gasteiger partial charge in [-0.25, -0.2) is 9.97 Å². The lowest BCUT2D eigenvalue weighted by atomic mass is 10.2. The third kappa shape index (κ3) is 2.87. The van der Waals surface area contributed by atoms with E-state index in [9.17, 15) is 0 Å². The summed E-state index contributed by atoms with van der Waals surface area (Å²) in [6.07, 6.45) is 2.08. The van der Waals surface area contributed by atoms with E-state index in [0.29, 0.717) is 11.5 Å². The number of nitrogens with one attached hydrogen (secondary N) is 2. The van der Waals surface area contributed by atoms with E-state index in [2.05, 4.69) is 48.3 Å². The van der Waals surface area contributed by atoms with Gasteiger partial charge in [0, 0.05) is 25.1 Å². The fraction of sp³-hybridized carbons (Fsp3) is 0.692. The second-order valence-corrected chi connectivity index (χ2v) is 5.33. The minimum atomic E-state index is 0.412. The molecule has 94 valence electrons. The summed E-state index contributed by atoms with van der Waals surface area (Å²) in [5.74, 6) is 2.76. The van der Waals surface area contributed by atoms with Gasteiger partial charge in [-0.15, -0.1) is 0 Å². The van der Waals surface area contributed by atoms with Crippen molar-refractivity contribution in [3.8, 4) is 0 Å². The highest BCUT2D eigenvalue weighted by Crippen LogP contribution is 2.46. The van der Waals surface area contributed by atoms with E-state index in [-0.39, 0.29) is 0 Å². The van der Waals surface area contributed by atoms with Gasteiger partial charge in [0.2, 0.25) is 0 Å². The molecule has 1 aliphatic rings. The third-order valence-corrected chi connectivity index (χ3v) is 3.28. The van der Waals surface area contributed by atoms with E-state index in [4.69, 9.17) is 0 Å². The molecule has 0 aliphatic heterocycles. The number of aromatic nitrogens is 2. The molecule has 4 heteroatoms. The van der Waals surface area contributed by atoms with Gasteiger partial charge < -0.3 is 10.6 Å². The highest BCUT2D eigenvalue weighted by Gasteiger charge is 2.45. The zero-order chi connectivity index (χ0) is 12.5. The summed E-state index contributed by atoms with van der Waals surface area (Å²) >= 11 is 0. The molecule has 4 nitrogen and oxygen atoms in total. The predicted octanol–water partition coefficient (Wildman–Crippen LogP) is 2.68. The average molecular weight is 234 g/mol. The number of hydrogen-bond donors (Lipinski definition) is 2. The molecule has 0 spiro atoms. The first-order valence-corrected chi connectivity index (χ1v) is 6.43. The van der Waals surface area contributed by atoms with Gasteiger partial charge >= 0.3 is 0 Å². The minimum Gasteiger partial charge on any atom is -0.370 e. The normalized spacial score (nSPS) is 21.1. The number of hydrogen-bond acceptors (Lipinski definition) is 4. The second-order valence-electron chi connectivity index (χ2n) is 5.33. The van der Waals surface area contributed by atoms with Crippen LogP contribution in [0.25, 0.3) is 0 Å². The van der Waals surface area contributed by atoms with Crippen molar-refractivity contribution in [2.24, 2.45) is 5.41 Å². The minimum absolute atomic E-state index is 0.412. The van der Waals surface area contributed by atoms with Crippen LogP contribution in [0.1, 0.15) is 39.9 Å². The van der Waals surface area contributed by atoms with Crippen molar-refractivity contribution in [3.63, 3.8) is 0 Å². The zero-order valence-corrected chi connectivity index (χ0v) is 11.2. The summed E-state index contributed by atoms with van der Waals surface area (Å²) in [5.41, 5.74) is 0.412.